The van der Waals surface area contributed by atoms with E-state index >= 15 is 0 Å². The molecule has 1 aliphatic heterocycles. The normalized spacial score (nSPS) is 21.0. The van der Waals surface area contributed by atoms with Crippen LogP contribution in [0.4, 0.5) is 0 Å². The summed E-state index contributed by atoms with van der Waals surface area (Å²) >= 11 is 1.75. The summed E-state index contributed by atoms with van der Waals surface area (Å²) in [6.07, 6.45) is 8.12. The Balaban J connectivity index is 1.51. The van der Waals surface area contributed by atoms with Crippen molar-refractivity contribution >= 4 is 17.3 Å². The molecule has 0 bridgehead atoms. The van der Waals surface area contributed by atoms with Gasteiger partial charge in [0.1, 0.15) is 0 Å². The molecule has 25 heavy (non-hydrogen) atoms. The molecular formula is C19H33N5S. The number of hydrogen-bond acceptors (Lipinski definition) is 4. The quantitative estimate of drug-likeness (QED) is 0.623. The van der Waals surface area contributed by atoms with E-state index < -0.39 is 0 Å². The van der Waals surface area contributed by atoms with Crippen molar-refractivity contribution in [2.75, 3.05) is 19.6 Å². The predicted octanol–water partition coefficient (Wildman–Crippen LogP) is 3.22. The number of rotatable bonds is 5. The van der Waals surface area contributed by atoms with Crippen molar-refractivity contribution < 1.29 is 0 Å². The lowest BCUT2D eigenvalue weighted by Gasteiger charge is -2.36. The van der Waals surface area contributed by atoms with Gasteiger partial charge in [-0.15, -0.1) is 11.3 Å². The molecule has 2 heterocycles. The Kier molecular flexibility index (Phi) is 6.70. The lowest BCUT2D eigenvalue weighted by Crippen LogP contribution is -2.50. The number of nitrogens with one attached hydrogen (secondary N) is 2. The Bertz CT molecular complexity index is 568. The van der Waals surface area contributed by atoms with Crippen LogP contribution in [0.3, 0.4) is 0 Å². The van der Waals surface area contributed by atoms with Crippen LogP contribution in [-0.2, 0) is 6.54 Å². The zero-order valence-corrected chi connectivity index (χ0v) is 16.8. The van der Waals surface area contributed by atoms with E-state index in [-0.39, 0.29) is 0 Å². The number of aliphatic imine (C=N–C) groups is 1. The zero-order valence-electron chi connectivity index (χ0n) is 16.0. The average molecular weight is 364 g/mol. The third-order valence-electron chi connectivity index (χ3n) is 5.44. The molecule has 0 atom stereocenters. The Morgan fingerprint density at radius 2 is 1.92 bits per heavy atom. The van der Waals surface area contributed by atoms with Gasteiger partial charge in [-0.3, -0.25) is 0 Å². The summed E-state index contributed by atoms with van der Waals surface area (Å²) in [5.41, 5.74) is 1.12. The molecule has 2 aliphatic rings. The summed E-state index contributed by atoms with van der Waals surface area (Å²) in [7, 11) is 0. The molecule has 5 nitrogen and oxygen atoms in total. The molecule has 2 fully saturated rings. The molecule has 1 aliphatic carbocycles. The first-order valence-corrected chi connectivity index (χ1v) is 10.7. The van der Waals surface area contributed by atoms with E-state index in [1.807, 2.05) is 0 Å². The van der Waals surface area contributed by atoms with Crippen molar-refractivity contribution in [3.8, 4) is 0 Å². The number of thiazole rings is 1. The van der Waals surface area contributed by atoms with Gasteiger partial charge in [-0.1, -0.05) is 12.8 Å². The van der Waals surface area contributed by atoms with Gasteiger partial charge in [-0.2, -0.15) is 0 Å². The first-order valence-electron chi connectivity index (χ1n) is 9.87. The van der Waals surface area contributed by atoms with E-state index in [4.69, 9.17) is 4.99 Å². The molecule has 1 saturated heterocycles. The predicted molar refractivity (Wildman–Crippen MR) is 106 cm³/mol. The molecule has 1 aromatic heterocycles. The molecule has 140 valence electrons. The van der Waals surface area contributed by atoms with Crippen LogP contribution in [0.25, 0.3) is 0 Å². The molecule has 0 unspecified atom stereocenters. The fourth-order valence-electron chi connectivity index (χ4n) is 4.06. The highest BCUT2D eigenvalue weighted by Crippen LogP contribution is 2.26. The molecule has 6 heteroatoms. The monoisotopic (exact) mass is 363 g/mol. The van der Waals surface area contributed by atoms with E-state index in [0.29, 0.717) is 12.6 Å². The van der Waals surface area contributed by atoms with Crippen LogP contribution in [0, 0.1) is 13.8 Å². The van der Waals surface area contributed by atoms with E-state index in [9.17, 15) is 0 Å². The minimum absolute atomic E-state index is 0.541. The molecule has 3 rings (SSSR count). The Hall–Kier alpha value is -1.14. The standard InChI is InChI=1S/C19H33N5S/c1-4-20-19(21-13-18-14(2)22-15(3)25-18)23-16-9-11-24(12-10-16)17-7-5-6-8-17/h16-17H,4-13H2,1-3H3,(H2,20,21,23). The van der Waals surface area contributed by atoms with Crippen molar-refractivity contribution in [3.05, 3.63) is 15.6 Å². The highest BCUT2D eigenvalue weighted by atomic mass is 32.1. The maximum Gasteiger partial charge on any atom is 0.191 e. The van der Waals surface area contributed by atoms with Gasteiger partial charge >= 0.3 is 0 Å². The molecule has 0 spiro atoms. The molecular weight excluding hydrogens is 330 g/mol. The zero-order chi connectivity index (χ0) is 17.6. The SMILES string of the molecule is CCNC(=NCc1sc(C)nc1C)NC1CCN(C2CCCC2)CC1. The van der Waals surface area contributed by atoms with E-state index in [1.54, 1.807) is 11.3 Å². The van der Waals surface area contributed by atoms with Gasteiger partial charge in [0.25, 0.3) is 0 Å². The van der Waals surface area contributed by atoms with E-state index in [0.717, 1.165) is 29.2 Å². The van der Waals surface area contributed by atoms with Crippen LogP contribution in [0.15, 0.2) is 4.99 Å². The second kappa shape index (κ2) is 8.99. The van der Waals surface area contributed by atoms with Crippen LogP contribution >= 0.6 is 11.3 Å². The van der Waals surface area contributed by atoms with E-state index in [1.165, 1.54) is 56.5 Å². The van der Waals surface area contributed by atoms with E-state index in [2.05, 4.69) is 41.3 Å². The van der Waals surface area contributed by atoms with Gasteiger partial charge in [0, 0.05) is 36.6 Å². The lowest BCUT2D eigenvalue weighted by molar-refractivity contribution is 0.150. The van der Waals surface area contributed by atoms with Crippen LogP contribution in [0.5, 0.6) is 0 Å². The minimum atomic E-state index is 0.541. The lowest BCUT2D eigenvalue weighted by atomic mass is 10.0. The number of nitrogens with zero attached hydrogens (tertiary/aromatic N) is 3. The summed E-state index contributed by atoms with van der Waals surface area (Å²) in [5.74, 6) is 0.951. The number of aryl methyl sites for hydroxylation is 2. The average Bonchev–Trinajstić information content (AvgIpc) is 3.23. The van der Waals surface area contributed by atoms with Crippen LogP contribution in [0.2, 0.25) is 0 Å². The van der Waals surface area contributed by atoms with Gasteiger partial charge in [0.2, 0.25) is 0 Å². The minimum Gasteiger partial charge on any atom is -0.357 e. The summed E-state index contributed by atoms with van der Waals surface area (Å²) < 4.78 is 0. The number of aromatic nitrogens is 1. The van der Waals surface area contributed by atoms with Gasteiger partial charge in [0.05, 0.1) is 17.2 Å². The molecule has 0 aromatic carbocycles. The smallest absolute Gasteiger partial charge is 0.191 e. The third-order valence-corrected chi connectivity index (χ3v) is 6.49. The number of likely N-dealkylation sites (tertiary alicyclic amines) is 1. The summed E-state index contributed by atoms with van der Waals surface area (Å²) in [4.78, 5) is 13.3. The van der Waals surface area contributed by atoms with Gasteiger partial charge < -0.3 is 15.5 Å². The fourth-order valence-corrected chi connectivity index (χ4v) is 4.92. The maximum atomic E-state index is 4.80. The topological polar surface area (TPSA) is 52.6 Å². The Labute approximate surface area is 156 Å². The molecule has 0 amide bonds. The largest absolute Gasteiger partial charge is 0.357 e. The molecule has 1 saturated carbocycles. The number of guanidine groups is 1. The van der Waals surface area contributed by atoms with Crippen molar-refractivity contribution in [1.29, 1.82) is 0 Å². The fraction of sp³-hybridized carbons (Fsp3) is 0.789. The van der Waals surface area contributed by atoms with Crippen molar-refractivity contribution in [1.82, 2.24) is 20.5 Å². The van der Waals surface area contributed by atoms with Gasteiger partial charge in [-0.25, -0.2) is 9.98 Å². The molecule has 1 aromatic rings. The van der Waals surface area contributed by atoms with Gasteiger partial charge in [0.15, 0.2) is 5.96 Å². The summed E-state index contributed by atoms with van der Waals surface area (Å²) in [6, 6.07) is 1.40. The van der Waals surface area contributed by atoms with Crippen molar-refractivity contribution in [2.24, 2.45) is 4.99 Å². The third kappa shape index (κ3) is 5.17. The van der Waals surface area contributed by atoms with Crippen LogP contribution in [-0.4, -0.2) is 47.6 Å². The highest BCUT2D eigenvalue weighted by molar-refractivity contribution is 7.11. The van der Waals surface area contributed by atoms with Crippen LogP contribution < -0.4 is 10.6 Å². The second-order valence-electron chi connectivity index (χ2n) is 7.33. The second-order valence-corrected chi connectivity index (χ2v) is 8.62. The Morgan fingerprint density at radius 1 is 1.20 bits per heavy atom. The first kappa shape index (κ1) is 18.6. The van der Waals surface area contributed by atoms with Crippen molar-refractivity contribution in [2.45, 2.75) is 77.9 Å². The van der Waals surface area contributed by atoms with Crippen molar-refractivity contribution in [3.63, 3.8) is 0 Å². The molecule has 0 radical (unpaired) electrons. The van der Waals surface area contributed by atoms with Gasteiger partial charge in [-0.05, 0) is 46.5 Å². The summed E-state index contributed by atoms with van der Waals surface area (Å²) in [6.45, 7) is 10.3. The first-order chi connectivity index (χ1) is 12.2. The maximum absolute atomic E-state index is 4.80. The number of piperidine rings is 1. The highest BCUT2D eigenvalue weighted by Gasteiger charge is 2.27. The molecule has 2 N–H and O–H groups in total. The number of hydrogen-bond donors (Lipinski definition) is 2. The Morgan fingerprint density at radius 3 is 2.52 bits per heavy atom. The van der Waals surface area contributed by atoms with Crippen LogP contribution in [0.1, 0.15) is 61.0 Å². The summed E-state index contributed by atoms with van der Waals surface area (Å²) in [5, 5.41) is 8.19.